The summed E-state index contributed by atoms with van der Waals surface area (Å²) < 4.78 is 5.18. The first-order chi connectivity index (χ1) is 9.17. The Morgan fingerprint density at radius 3 is 2.68 bits per heavy atom. The third kappa shape index (κ3) is 5.64. The highest BCUT2D eigenvalue weighted by Crippen LogP contribution is 2.21. The van der Waals surface area contributed by atoms with Gasteiger partial charge in [0, 0.05) is 12.2 Å². The number of methoxy groups -OCH3 is 1. The second-order valence-corrected chi connectivity index (χ2v) is 4.63. The number of carbonyl (C=O) groups is 1. The largest absolute Gasteiger partial charge is 0.496 e. The first-order valence-electron chi connectivity index (χ1n) is 6.87. The highest BCUT2D eigenvalue weighted by molar-refractivity contribution is 5.89. The van der Waals surface area contributed by atoms with Gasteiger partial charge in [0.05, 0.1) is 7.11 Å². The topological polar surface area (TPSA) is 50.4 Å². The van der Waals surface area contributed by atoms with Crippen LogP contribution in [-0.2, 0) is 0 Å². The van der Waals surface area contributed by atoms with Gasteiger partial charge >= 0.3 is 6.03 Å². The second-order valence-electron chi connectivity index (χ2n) is 4.63. The number of urea groups is 1. The number of carbonyl (C=O) groups excluding carboxylic acids is 1. The Balaban J connectivity index is 2.34. The molecule has 1 rings (SSSR count). The number of anilines is 1. The van der Waals surface area contributed by atoms with Crippen LogP contribution in [0.4, 0.5) is 10.5 Å². The molecule has 4 heteroatoms. The van der Waals surface area contributed by atoms with Gasteiger partial charge in [-0.25, -0.2) is 4.79 Å². The number of unbranched alkanes of at least 4 members (excludes halogenated alkanes) is 3. The van der Waals surface area contributed by atoms with Crippen molar-refractivity contribution in [2.24, 2.45) is 0 Å². The highest BCUT2D eigenvalue weighted by atomic mass is 16.5. The first kappa shape index (κ1) is 15.3. The molecule has 1 aromatic carbocycles. The molecule has 0 aliphatic heterocycles. The van der Waals surface area contributed by atoms with Crippen molar-refractivity contribution in [2.75, 3.05) is 19.0 Å². The van der Waals surface area contributed by atoms with Crippen molar-refractivity contribution in [3.05, 3.63) is 23.8 Å². The van der Waals surface area contributed by atoms with E-state index < -0.39 is 0 Å². The molecule has 0 unspecified atom stereocenters. The molecule has 0 aromatic heterocycles. The predicted octanol–water partition coefficient (Wildman–Crippen LogP) is 3.71. The van der Waals surface area contributed by atoms with Crippen LogP contribution in [0.5, 0.6) is 5.75 Å². The fraction of sp³-hybridized carbons (Fsp3) is 0.533. The quantitative estimate of drug-likeness (QED) is 0.738. The monoisotopic (exact) mass is 264 g/mol. The van der Waals surface area contributed by atoms with Crippen LogP contribution >= 0.6 is 0 Å². The van der Waals surface area contributed by atoms with Gasteiger partial charge in [0.2, 0.25) is 0 Å². The van der Waals surface area contributed by atoms with Crippen LogP contribution in [0.15, 0.2) is 18.2 Å². The summed E-state index contributed by atoms with van der Waals surface area (Å²) in [5, 5.41) is 5.68. The third-order valence-corrected chi connectivity index (χ3v) is 2.97. The van der Waals surface area contributed by atoms with Gasteiger partial charge in [-0.05, 0) is 37.1 Å². The Labute approximate surface area is 115 Å². The molecule has 2 amide bonds. The SMILES string of the molecule is CCCCCCNC(=O)Nc1ccc(OC)c(C)c1. The van der Waals surface area contributed by atoms with Crippen LogP contribution in [0.25, 0.3) is 0 Å². The van der Waals surface area contributed by atoms with E-state index in [2.05, 4.69) is 17.6 Å². The van der Waals surface area contributed by atoms with Crippen LogP contribution in [-0.4, -0.2) is 19.7 Å². The summed E-state index contributed by atoms with van der Waals surface area (Å²) in [6.45, 7) is 4.85. The molecular weight excluding hydrogens is 240 g/mol. The Bertz CT molecular complexity index is 405. The standard InChI is InChI=1S/C15H24N2O2/c1-4-5-6-7-10-16-15(18)17-13-8-9-14(19-3)12(2)11-13/h8-9,11H,4-7,10H2,1-3H3,(H2,16,17,18). The van der Waals surface area contributed by atoms with Crippen molar-refractivity contribution in [1.29, 1.82) is 0 Å². The van der Waals surface area contributed by atoms with Crippen LogP contribution < -0.4 is 15.4 Å². The number of ether oxygens (including phenoxy) is 1. The Hall–Kier alpha value is -1.71. The predicted molar refractivity (Wildman–Crippen MR) is 78.9 cm³/mol. The lowest BCUT2D eigenvalue weighted by Crippen LogP contribution is -2.29. The van der Waals surface area contributed by atoms with Crippen molar-refractivity contribution in [3.63, 3.8) is 0 Å². The minimum absolute atomic E-state index is 0.152. The molecule has 0 atom stereocenters. The molecule has 0 aliphatic rings. The Kier molecular flexibility index (Phi) is 6.79. The summed E-state index contributed by atoms with van der Waals surface area (Å²) >= 11 is 0. The molecule has 1 aromatic rings. The van der Waals surface area contributed by atoms with E-state index in [1.807, 2.05) is 25.1 Å². The van der Waals surface area contributed by atoms with Crippen molar-refractivity contribution in [1.82, 2.24) is 5.32 Å². The first-order valence-corrected chi connectivity index (χ1v) is 6.87. The maximum atomic E-state index is 11.7. The Morgan fingerprint density at radius 2 is 2.05 bits per heavy atom. The molecule has 0 spiro atoms. The van der Waals surface area contributed by atoms with Crippen LogP contribution in [0.2, 0.25) is 0 Å². The fourth-order valence-electron chi connectivity index (χ4n) is 1.89. The molecule has 106 valence electrons. The van der Waals surface area contributed by atoms with Gasteiger partial charge in [0.25, 0.3) is 0 Å². The highest BCUT2D eigenvalue weighted by Gasteiger charge is 2.03. The average Bonchev–Trinajstić information content (AvgIpc) is 2.39. The van der Waals surface area contributed by atoms with Gasteiger partial charge in [0.1, 0.15) is 5.75 Å². The normalized spacial score (nSPS) is 10.1. The number of aryl methyl sites for hydroxylation is 1. The molecule has 0 saturated carbocycles. The van der Waals surface area contributed by atoms with E-state index in [1.54, 1.807) is 7.11 Å². The minimum atomic E-state index is -0.152. The number of hydrogen-bond acceptors (Lipinski definition) is 2. The Morgan fingerprint density at radius 1 is 1.26 bits per heavy atom. The van der Waals surface area contributed by atoms with Gasteiger partial charge in [0.15, 0.2) is 0 Å². The van der Waals surface area contributed by atoms with E-state index >= 15 is 0 Å². The van der Waals surface area contributed by atoms with Crippen molar-refractivity contribution < 1.29 is 9.53 Å². The molecule has 0 saturated heterocycles. The molecule has 2 N–H and O–H groups in total. The zero-order chi connectivity index (χ0) is 14.1. The number of amides is 2. The van der Waals surface area contributed by atoms with E-state index in [9.17, 15) is 4.79 Å². The maximum Gasteiger partial charge on any atom is 0.319 e. The molecule has 0 aliphatic carbocycles. The van der Waals surface area contributed by atoms with Gasteiger partial charge in [-0.1, -0.05) is 26.2 Å². The number of rotatable bonds is 7. The van der Waals surface area contributed by atoms with Gasteiger partial charge < -0.3 is 15.4 Å². The fourth-order valence-corrected chi connectivity index (χ4v) is 1.89. The summed E-state index contributed by atoms with van der Waals surface area (Å²) in [5.41, 5.74) is 1.78. The van der Waals surface area contributed by atoms with E-state index in [0.717, 1.165) is 30.0 Å². The summed E-state index contributed by atoms with van der Waals surface area (Å²) in [6, 6.07) is 5.44. The molecular formula is C15H24N2O2. The second kappa shape index (κ2) is 8.40. The van der Waals surface area contributed by atoms with E-state index in [4.69, 9.17) is 4.74 Å². The van der Waals surface area contributed by atoms with Gasteiger partial charge in [-0.3, -0.25) is 0 Å². The lowest BCUT2D eigenvalue weighted by atomic mass is 10.2. The number of benzene rings is 1. The molecule has 0 radical (unpaired) electrons. The van der Waals surface area contributed by atoms with E-state index in [0.29, 0.717) is 0 Å². The molecule has 4 nitrogen and oxygen atoms in total. The molecule has 0 heterocycles. The zero-order valence-corrected chi connectivity index (χ0v) is 12.1. The zero-order valence-electron chi connectivity index (χ0n) is 12.1. The third-order valence-electron chi connectivity index (χ3n) is 2.97. The van der Waals surface area contributed by atoms with E-state index in [1.165, 1.54) is 19.3 Å². The van der Waals surface area contributed by atoms with E-state index in [-0.39, 0.29) is 6.03 Å². The summed E-state index contributed by atoms with van der Waals surface area (Å²) in [6.07, 6.45) is 4.62. The molecule has 19 heavy (non-hydrogen) atoms. The lowest BCUT2D eigenvalue weighted by molar-refractivity contribution is 0.252. The van der Waals surface area contributed by atoms with Crippen molar-refractivity contribution in [2.45, 2.75) is 39.5 Å². The number of nitrogens with one attached hydrogen (secondary N) is 2. The summed E-state index contributed by atoms with van der Waals surface area (Å²) in [5.74, 6) is 0.825. The van der Waals surface area contributed by atoms with Crippen molar-refractivity contribution >= 4 is 11.7 Å². The minimum Gasteiger partial charge on any atom is -0.496 e. The lowest BCUT2D eigenvalue weighted by Gasteiger charge is -2.10. The average molecular weight is 264 g/mol. The van der Waals surface area contributed by atoms with Crippen LogP contribution in [0.1, 0.15) is 38.2 Å². The smallest absolute Gasteiger partial charge is 0.319 e. The van der Waals surface area contributed by atoms with Gasteiger partial charge in [-0.15, -0.1) is 0 Å². The van der Waals surface area contributed by atoms with Gasteiger partial charge in [-0.2, -0.15) is 0 Å². The molecule has 0 fully saturated rings. The van der Waals surface area contributed by atoms with Crippen molar-refractivity contribution in [3.8, 4) is 5.75 Å². The number of hydrogen-bond donors (Lipinski definition) is 2. The van der Waals surface area contributed by atoms with Crippen LogP contribution in [0.3, 0.4) is 0 Å². The van der Waals surface area contributed by atoms with Crippen LogP contribution in [0, 0.1) is 6.92 Å². The summed E-state index contributed by atoms with van der Waals surface area (Å²) in [7, 11) is 1.64. The maximum absolute atomic E-state index is 11.7. The molecule has 0 bridgehead atoms. The summed E-state index contributed by atoms with van der Waals surface area (Å²) in [4.78, 5) is 11.7.